The fourth-order valence-electron chi connectivity index (χ4n) is 3.79. The molecule has 1 amide bonds. The molecule has 9 heteroatoms. The molecular formula is C22H21N3O6. The summed E-state index contributed by atoms with van der Waals surface area (Å²) in [6, 6.07) is 10.1. The minimum Gasteiger partial charge on any atom is -0.497 e. The maximum Gasteiger partial charge on any atom is 0.290 e. The summed E-state index contributed by atoms with van der Waals surface area (Å²) in [7, 11) is 5.28. The zero-order valence-corrected chi connectivity index (χ0v) is 17.3. The van der Waals surface area contributed by atoms with Crippen molar-refractivity contribution in [1.82, 2.24) is 9.80 Å². The van der Waals surface area contributed by atoms with Gasteiger partial charge in [0.1, 0.15) is 11.3 Å². The van der Waals surface area contributed by atoms with Gasteiger partial charge in [0.2, 0.25) is 5.76 Å². The molecule has 1 aromatic heterocycles. The first-order valence-electron chi connectivity index (χ1n) is 9.66. The van der Waals surface area contributed by atoms with Crippen molar-refractivity contribution in [3.8, 4) is 5.75 Å². The van der Waals surface area contributed by atoms with Gasteiger partial charge >= 0.3 is 0 Å². The fourth-order valence-corrected chi connectivity index (χ4v) is 3.79. The van der Waals surface area contributed by atoms with Gasteiger partial charge in [-0.3, -0.25) is 19.7 Å². The van der Waals surface area contributed by atoms with Gasteiger partial charge in [0.25, 0.3) is 11.6 Å². The molecule has 2 heterocycles. The highest BCUT2D eigenvalue weighted by molar-refractivity contribution is 5.99. The van der Waals surface area contributed by atoms with Gasteiger partial charge in [0.05, 0.1) is 29.0 Å². The van der Waals surface area contributed by atoms with Crippen molar-refractivity contribution < 1.29 is 18.9 Å². The molecule has 0 spiro atoms. The summed E-state index contributed by atoms with van der Waals surface area (Å²) in [6.45, 7) is 0.932. The van der Waals surface area contributed by atoms with Crippen LogP contribution >= 0.6 is 0 Å². The molecule has 0 saturated heterocycles. The molecule has 3 aromatic rings. The number of benzene rings is 2. The Morgan fingerprint density at radius 1 is 1.16 bits per heavy atom. The largest absolute Gasteiger partial charge is 0.497 e. The lowest BCUT2D eigenvalue weighted by Gasteiger charge is -2.26. The van der Waals surface area contributed by atoms with Gasteiger partial charge in [-0.25, -0.2) is 0 Å². The van der Waals surface area contributed by atoms with Crippen LogP contribution in [0.1, 0.15) is 27.7 Å². The zero-order valence-electron chi connectivity index (χ0n) is 17.3. The Morgan fingerprint density at radius 3 is 2.48 bits per heavy atom. The second-order valence-electron chi connectivity index (χ2n) is 7.59. The number of nitro benzene ring substituents is 1. The van der Waals surface area contributed by atoms with Crippen molar-refractivity contribution in [3.05, 3.63) is 79.7 Å². The molecule has 0 aliphatic carbocycles. The number of carbonyl (C=O) groups is 1. The van der Waals surface area contributed by atoms with Gasteiger partial charge in [0.15, 0.2) is 5.43 Å². The van der Waals surface area contributed by atoms with Crippen LogP contribution in [0.4, 0.5) is 5.69 Å². The van der Waals surface area contributed by atoms with Crippen molar-refractivity contribution >= 4 is 22.6 Å². The monoisotopic (exact) mass is 423 g/mol. The Morgan fingerprint density at radius 2 is 1.87 bits per heavy atom. The number of non-ortho nitro benzene ring substituents is 1. The highest BCUT2D eigenvalue weighted by atomic mass is 16.6. The van der Waals surface area contributed by atoms with E-state index in [1.165, 1.54) is 19.2 Å². The summed E-state index contributed by atoms with van der Waals surface area (Å²) in [5, 5.41) is 11.4. The number of likely N-dealkylation sites (N-methyl/N-ethyl adjacent to an activating group) is 1. The van der Waals surface area contributed by atoms with E-state index < -0.39 is 11.0 Å². The van der Waals surface area contributed by atoms with Crippen LogP contribution in [0.2, 0.25) is 0 Å². The Hall–Kier alpha value is -3.72. The number of hydrogen-bond donors (Lipinski definition) is 0. The summed E-state index contributed by atoms with van der Waals surface area (Å²) < 4.78 is 11.1. The maximum atomic E-state index is 13.4. The van der Waals surface area contributed by atoms with E-state index in [0.29, 0.717) is 29.8 Å². The summed E-state index contributed by atoms with van der Waals surface area (Å²) >= 11 is 0. The number of fused-ring (bicyclic) bond motifs is 2. The quantitative estimate of drug-likeness (QED) is 0.443. The van der Waals surface area contributed by atoms with Crippen molar-refractivity contribution in [3.63, 3.8) is 0 Å². The number of ether oxygens (including phenoxy) is 1. The molecule has 0 N–H and O–H groups in total. The van der Waals surface area contributed by atoms with Crippen LogP contribution in [0.15, 0.2) is 51.7 Å². The molecule has 1 aliphatic rings. The number of hydrogen-bond acceptors (Lipinski definition) is 7. The third-order valence-corrected chi connectivity index (χ3v) is 5.38. The molecule has 0 bridgehead atoms. The maximum absolute atomic E-state index is 13.4. The van der Waals surface area contributed by atoms with E-state index in [2.05, 4.69) is 0 Å². The Balaban J connectivity index is 1.90. The van der Waals surface area contributed by atoms with Crippen LogP contribution in [0.5, 0.6) is 5.75 Å². The average Bonchev–Trinajstić information content (AvgIpc) is 3.04. The third kappa shape index (κ3) is 3.53. The van der Waals surface area contributed by atoms with Crippen molar-refractivity contribution in [2.45, 2.75) is 6.04 Å². The van der Waals surface area contributed by atoms with Crippen LogP contribution in [0.25, 0.3) is 11.0 Å². The van der Waals surface area contributed by atoms with E-state index in [4.69, 9.17) is 9.15 Å². The van der Waals surface area contributed by atoms with Gasteiger partial charge in [0, 0.05) is 31.3 Å². The van der Waals surface area contributed by atoms with Crippen molar-refractivity contribution in [2.75, 3.05) is 34.3 Å². The number of nitro groups is 1. The van der Waals surface area contributed by atoms with Crippen molar-refractivity contribution in [2.24, 2.45) is 0 Å². The lowest BCUT2D eigenvalue weighted by Crippen LogP contribution is -2.35. The van der Waals surface area contributed by atoms with Crippen LogP contribution < -0.4 is 10.2 Å². The summed E-state index contributed by atoms with van der Waals surface area (Å²) in [5.41, 5.74) is 0.758. The lowest BCUT2D eigenvalue weighted by atomic mass is 9.98. The van der Waals surface area contributed by atoms with Crippen LogP contribution in [-0.4, -0.2) is 54.9 Å². The molecule has 0 radical (unpaired) electrons. The number of rotatable bonds is 6. The smallest absolute Gasteiger partial charge is 0.290 e. The second-order valence-corrected chi connectivity index (χ2v) is 7.59. The molecule has 9 nitrogen and oxygen atoms in total. The number of methoxy groups -OCH3 is 1. The SMILES string of the molecule is COc1ccc2c(=O)c3c(oc2c1)C(=O)N(CCN(C)C)[C@@H]3c1ccc([N+](=O)[O-])cc1. The molecule has 0 fully saturated rings. The first-order valence-corrected chi connectivity index (χ1v) is 9.66. The molecule has 0 saturated carbocycles. The Bertz CT molecular complexity index is 1230. The van der Waals surface area contributed by atoms with Crippen LogP contribution in [0, 0.1) is 10.1 Å². The average molecular weight is 423 g/mol. The van der Waals surface area contributed by atoms with E-state index in [1.807, 2.05) is 19.0 Å². The molecule has 0 unspecified atom stereocenters. The van der Waals surface area contributed by atoms with Crippen LogP contribution in [-0.2, 0) is 0 Å². The van der Waals surface area contributed by atoms with Gasteiger partial charge in [-0.1, -0.05) is 0 Å². The molecule has 31 heavy (non-hydrogen) atoms. The Kier molecular flexibility index (Phi) is 5.20. The standard InChI is InChI=1S/C22H21N3O6/c1-23(2)10-11-24-19(13-4-6-14(7-5-13)25(28)29)18-20(26)16-9-8-15(30-3)12-17(16)31-21(18)22(24)27/h4-9,12,19H,10-11H2,1-3H3/t19-/m1/s1. The van der Waals surface area contributed by atoms with Gasteiger partial charge in [-0.15, -0.1) is 0 Å². The van der Waals surface area contributed by atoms with E-state index in [0.717, 1.165) is 0 Å². The van der Waals surface area contributed by atoms with E-state index in [9.17, 15) is 19.7 Å². The van der Waals surface area contributed by atoms with Crippen molar-refractivity contribution in [1.29, 1.82) is 0 Å². The highest BCUT2D eigenvalue weighted by Crippen LogP contribution is 2.38. The van der Waals surface area contributed by atoms with E-state index in [-0.39, 0.29) is 33.9 Å². The van der Waals surface area contributed by atoms with E-state index >= 15 is 0 Å². The summed E-state index contributed by atoms with van der Waals surface area (Å²) in [4.78, 5) is 40.7. The topological polar surface area (TPSA) is 106 Å². The minimum absolute atomic E-state index is 0.00661. The van der Waals surface area contributed by atoms with E-state index in [1.54, 1.807) is 35.2 Å². The predicted molar refractivity (Wildman–Crippen MR) is 114 cm³/mol. The second kappa shape index (κ2) is 7.84. The van der Waals surface area contributed by atoms with Crippen LogP contribution in [0.3, 0.4) is 0 Å². The molecule has 2 aromatic carbocycles. The molecule has 1 atom stereocenters. The number of amides is 1. The number of nitrogens with zero attached hydrogens (tertiary/aromatic N) is 3. The van der Waals surface area contributed by atoms with Gasteiger partial charge in [-0.2, -0.15) is 0 Å². The summed E-state index contributed by atoms with van der Waals surface area (Å²) in [6.07, 6.45) is 0. The fraction of sp³-hybridized carbons (Fsp3) is 0.273. The summed E-state index contributed by atoms with van der Waals surface area (Å²) in [5.74, 6) is 0.118. The zero-order chi connectivity index (χ0) is 22.3. The molecule has 1 aliphatic heterocycles. The van der Waals surface area contributed by atoms with Gasteiger partial charge in [-0.05, 0) is 43.9 Å². The first-order chi connectivity index (χ1) is 14.8. The first kappa shape index (κ1) is 20.5. The molecule has 4 rings (SSSR count). The predicted octanol–water partition coefficient (Wildman–Crippen LogP) is 2.82. The third-order valence-electron chi connectivity index (χ3n) is 5.38. The number of carbonyl (C=O) groups excluding carboxylic acids is 1. The Labute approximate surface area is 177 Å². The normalized spacial score (nSPS) is 15.5. The molecular weight excluding hydrogens is 402 g/mol. The minimum atomic E-state index is -0.689. The van der Waals surface area contributed by atoms with Gasteiger partial charge < -0.3 is 19.0 Å². The molecule has 160 valence electrons. The lowest BCUT2D eigenvalue weighted by molar-refractivity contribution is -0.384. The highest BCUT2D eigenvalue weighted by Gasteiger charge is 2.42.